The third-order valence-electron chi connectivity index (χ3n) is 4.40. The van der Waals surface area contributed by atoms with Crippen LogP contribution in [0, 0.1) is 0 Å². The SMILES string of the molecule is c1cc(CN2CCC(Nc3ccnc(C4CC4)n3)C2)ccn1. The van der Waals surface area contributed by atoms with E-state index in [-0.39, 0.29) is 0 Å². The molecule has 1 aliphatic heterocycles. The van der Waals surface area contributed by atoms with E-state index >= 15 is 0 Å². The third-order valence-corrected chi connectivity index (χ3v) is 4.40. The van der Waals surface area contributed by atoms with E-state index in [4.69, 9.17) is 0 Å². The van der Waals surface area contributed by atoms with E-state index in [1.807, 2.05) is 24.7 Å². The van der Waals surface area contributed by atoms with Crippen molar-refractivity contribution in [2.24, 2.45) is 0 Å². The van der Waals surface area contributed by atoms with Crippen LogP contribution in [0.2, 0.25) is 0 Å². The van der Waals surface area contributed by atoms with Gasteiger partial charge >= 0.3 is 0 Å². The fourth-order valence-electron chi connectivity index (χ4n) is 3.04. The molecule has 2 aliphatic rings. The Kier molecular flexibility index (Phi) is 3.72. The smallest absolute Gasteiger partial charge is 0.133 e. The highest BCUT2D eigenvalue weighted by Crippen LogP contribution is 2.38. The van der Waals surface area contributed by atoms with Gasteiger partial charge in [-0.2, -0.15) is 0 Å². The van der Waals surface area contributed by atoms with Crippen molar-refractivity contribution in [1.29, 1.82) is 0 Å². The maximum atomic E-state index is 4.66. The number of anilines is 1. The summed E-state index contributed by atoms with van der Waals surface area (Å²) in [4.78, 5) is 15.6. The lowest BCUT2D eigenvalue weighted by Gasteiger charge is -2.17. The Morgan fingerprint density at radius 3 is 2.77 bits per heavy atom. The quantitative estimate of drug-likeness (QED) is 0.918. The second-order valence-corrected chi connectivity index (χ2v) is 6.29. The fraction of sp³-hybridized carbons (Fsp3) is 0.471. The first-order chi connectivity index (χ1) is 10.9. The van der Waals surface area contributed by atoms with Crippen LogP contribution in [0.25, 0.3) is 0 Å². The van der Waals surface area contributed by atoms with Gasteiger partial charge in [-0.25, -0.2) is 9.97 Å². The number of nitrogens with zero attached hydrogens (tertiary/aromatic N) is 4. The monoisotopic (exact) mass is 295 g/mol. The Morgan fingerprint density at radius 1 is 1.09 bits per heavy atom. The van der Waals surface area contributed by atoms with Crippen molar-refractivity contribution in [1.82, 2.24) is 19.9 Å². The topological polar surface area (TPSA) is 53.9 Å². The number of hydrogen-bond acceptors (Lipinski definition) is 5. The van der Waals surface area contributed by atoms with Gasteiger partial charge in [0.15, 0.2) is 0 Å². The second kappa shape index (κ2) is 6.01. The minimum absolute atomic E-state index is 0.476. The number of nitrogens with one attached hydrogen (secondary N) is 1. The van der Waals surface area contributed by atoms with Crippen LogP contribution in [0.5, 0.6) is 0 Å². The van der Waals surface area contributed by atoms with Crippen LogP contribution in [0.4, 0.5) is 5.82 Å². The lowest BCUT2D eigenvalue weighted by molar-refractivity contribution is 0.328. The van der Waals surface area contributed by atoms with E-state index in [1.54, 1.807) is 0 Å². The Bertz CT molecular complexity index is 626. The molecule has 22 heavy (non-hydrogen) atoms. The Morgan fingerprint density at radius 2 is 1.95 bits per heavy atom. The van der Waals surface area contributed by atoms with Crippen LogP contribution in [0.3, 0.4) is 0 Å². The Labute approximate surface area is 130 Å². The van der Waals surface area contributed by atoms with Crippen molar-refractivity contribution in [3.05, 3.63) is 48.2 Å². The van der Waals surface area contributed by atoms with Crippen LogP contribution in [-0.2, 0) is 6.54 Å². The largest absolute Gasteiger partial charge is 0.366 e. The maximum absolute atomic E-state index is 4.66. The fourth-order valence-corrected chi connectivity index (χ4v) is 3.04. The summed E-state index contributed by atoms with van der Waals surface area (Å²) >= 11 is 0. The van der Waals surface area contributed by atoms with Crippen molar-refractivity contribution in [3.8, 4) is 0 Å². The molecule has 1 saturated carbocycles. The maximum Gasteiger partial charge on any atom is 0.133 e. The summed E-state index contributed by atoms with van der Waals surface area (Å²) in [6.45, 7) is 3.18. The van der Waals surface area contributed by atoms with E-state index in [0.29, 0.717) is 12.0 Å². The molecule has 0 aromatic carbocycles. The zero-order valence-electron chi connectivity index (χ0n) is 12.7. The predicted molar refractivity (Wildman–Crippen MR) is 85.5 cm³/mol. The van der Waals surface area contributed by atoms with E-state index in [1.165, 1.54) is 18.4 Å². The molecule has 1 atom stereocenters. The molecule has 1 aliphatic carbocycles. The standard InChI is InChI=1S/C17H21N5/c1-2-14(1)17-19-9-5-16(21-17)20-15-6-10-22(12-15)11-13-3-7-18-8-4-13/h3-5,7-9,14-15H,1-2,6,10-12H2,(H,19,20,21). The molecule has 0 bridgehead atoms. The van der Waals surface area contributed by atoms with Gasteiger partial charge in [0.1, 0.15) is 11.6 Å². The predicted octanol–water partition coefficient (Wildman–Crippen LogP) is 2.44. The first-order valence-electron chi connectivity index (χ1n) is 8.07. The van der Waals surface area contributed by atoms with Gasteiger partial charge in [0.05, 0.1) is 0 Å². The summed E-state index contributed by atoms with van der Waals surface area (Å²) in [5.74, 6) is 2.60. The van der Waals surface area contributed by atoms with Crippen molar-refractivity contribution in [2.75, 3.05) is 18.4 Å². The highest BCUT2D eigenvalue weighted by Gasteiger charge is 2.27. The first kappa shape index (κ1) is 13.6. The van der Waals surface area contributed by atoms with Gasteiger partial charge in [-0.15, -0.1) is 0 Å². The van der Waals surface area contributed by atoms with Crippen LogP contribution >= 0.6 is 0 Å². The van der Waals surface area contributed by atoms with E-state index < -0.39 is 0 Å². The van der Waals surface area contributed by atoms with Crippen LogP contribution < -0.4 is 5.32 Å². The molecule has 1 unspecified atom stereocenters. The molecule has 5 nitrogen and oxygen atoms in total. The molecule has 0 spiro atoms. The first-order valence-corrected chi connectivity index (χ1v) is 8.07. The molecule has 2 fully saturated rings. The lowest BCUT2D eigenvalue weighted by atomic mass is 10.2. The molecule has 2 aromatic heterocycles. The minimum Gasteiger partial charge on any atom is -0.366 e. The van der Waals surface area contributed by atoms with Crippen LogP contribution in [-0.4, -0.2) is 39.0 Å². The van der Waals surface area contributed by atoms with Gasteiger partial charge in [-0.05, 0) is 43.0 Å². The third kappa shape index (κ3) is 3.25. The van der Waals surface area contributed by atoms with Gasteiger partial charge in [-0.3, -0.25) is 9.88 Å². The number of likely N-dealkylation sites (tertiary alicyclic amines) is 1. The molecule has 1 saturated heterocycles. The average Bonchev–Trinajstić information content (AvgIpc) is 3.31. The molecule has 114 valence electrons. The van der Waals surface area contributed by atoms with Gasteiger partial charge in [-0.1, -0.05) is 0 Å². The minimum atomic E-state index is 0.476. The summed E-state index contributed by atoms with van der Waals surface area (Å²) in [5.41, 5.74) is 1.33. The van der Waals surface area contributed by atoms with Gasteiger partial charge < -0.3 is 5.32 Å². The summed E-state index contributed by atoms with van der Waals surface area (Å²) in [7, 11) is 0. The molecule has 5 heteroatoms. The Balaban J connectivity index is 1.34. The van der Waals surface area contributed by atoms with Crippen molar-refractivity contribution in [3.63, 3.8) is 0 Å². The van der Waals surface area contributed by atoms with E-state index in [2.05, 4.69) is 37.3 Å². The lowest BCUT2D eigenvalue weighted by Crippen LogP contribution is -2.26. The highest BCUT2D eigenvalue weighted by atomic mass is 15.2. The highest BCUT2D eigenvalue weighted by molar-refractivity contribution is 5.35. The van der Waals surface area contributed by atoms with Crippen LogP contribution in [0.15, 0.2) is 36.8 Å². The zero-order valence-corrected chi connectivity index (χ0v) is 12.7. The van der Waals surface area contributed by atoms with Gasteiger partial charge in [0.2, 0.25) is 0 Å². The molecule has 4 rings (SSSR count). The molecule has 3 heterocycles. The van der Waals surface area contributed by atoms with Crippen molar-refractivity contribution in [2.45, 2.75) is 37.8 Å². The number of aromatic nitrogens is 3. The molecule has 2 aromatic rings. The van der Waals surface area contributed by atoms with E-state index in [9.17, 15) is 0 Å². The average molecular weight is 295 g/mol. The van der Waals surface area contributed by atoms with E-state index in [0.717, 1.165) is 37.7 Å². The molecule has 0 amide bonds. The summed E-state index contributed by atoms with van der Waals surface area (Å²) in [6, 6.07) is 6.64. The summed E-state index contributed by atoms with van der Waals surface area (Å²) in [5, 5.41) is 3.57. The molecule has 1 N–H and O–H groups in total. The van der Waals surface area contributed by atoms with Crippen molar-refractivity contribution >= 4 is 5.82 Å². The zero-order chi connectivity index (χ0) is 14.8. The number of hydrogen-bond donors (Lipinski definition) is 1. The van der Waals surface area contributed by atoms with Crippen molar-refractivity contribution < 1.29 is 0 Å². The van der Waals surface area contributed by atoms with Gasteiger partial charge in [0, 0.05) is 50.2 Å². The normalized spacial score (nSPS) is 21.9. The number of rotatable bonds is 5. The molecular formula is C17H21N5. The van der Waals surface area contributed by atoms with Crippen LogP contribution in [0.1, 0.15) is 36.6 Å². The number of pyridine rings is 1. The summed E-state index contributed by atoms with van der Waals surface area (Å²) < 4.78 is 0. The second-order valence-electron chi connectivity index (χ2n) is 6.29. The Hall–Kier alpha value is -2.01. The summed E-state index contributed by atoms with van der Waals surface area (Å²) in [6.07, 6.45) is 9.25. The molecule has 0 radical (unpaired) electrons. The molecular weight excluding hydrogens is 274 g/mol. The van der Waals surface area contributed by atoms with Gasteiger partial charge in [0.25, 0.3) is 0 Å².